The van der Waals surface area contributed by atoms with Crippen molar-refractivity contribution in [3.05, 3.63) is 65.2 Å². The number of hydrogen-bond donors (Lipinski definition) is 1. The lowest BCUT2D eigenvalue weighted by atomic mass is 9.99. The number of amides is 2. The van der Waals surface area contributed by atoms with Crippen LogP contribution < -0.4 is 4.74 Å². The number of carbonyl (C=O) groups is 2. The van der Waals surface area contributed by atoms with Gasteiger partial charge in [0.1, 0.15) is 19.0 Å². The largest absolute Gasteiger partial charge is 0.491 e. The van der Waals surface area contributed by atoms with Gasteiger partial charge in [-0.25, -0.2) is 9.59 Å². The standard InChI is InChI=1S/C23H26N2O5/c26-22(27)24-13-11-20-18(14-24)8-4-10-21(20)29-16-19-9-5-12-25(19)23(28)30-15-17-6-2-1-3-7-17/h1-4,6-8,10,19H,5,9,11-16H2,(H,26,27)/t19-/m1/s1. The van der Waals surface area contributed by atoms with Crippen LogP contribution in [0.3, 0.4) is 0 Å². The molecule has 2 aromatic rings. The third-order valence-corrected chi connectivity index (χ3v) is 5.74. The van der Waals surface area contributed by atoms with Crippen LogP contribution in [0.1, 0.15) is 29.5 Å². The molecule has 2 amide bonds. The van der Waals surface area contributed by atoms with Gasteiger partial charge >= 0.3 is 12.2 Å². The lowest BCUT2D eigenvalue weighted by Crippen LogP contribution is -2.39. The number of nitrogens with zero attached hydrogens (tertiary/aromatic N) is 2. The van der Waals surface area contributed by atoms with Crippen LogP contribution in [-0.2, 0) is 24.3 Å². The molecule has 1 fully saturated rings. The van der Waals surface area contributed by atoms with E-state index in [9.17, 15) is 14.7 Å². The van der Waals surface area contributed by atoms with Crippen LogP contribution in [0.15, 0.2) is 48.5 Å². The van der Waals surface area contributed by atoms with Gasteiger partial charge in [-0.15, -0.1) is 0 Å². The average Bonchev–Trinajstić information content (AvgIpc) is 3.25. The Hall–Kier alpha value is -3.22. The number of hydrogen-bond acceptors (Lipinski definition) is 4. The van der Waals surface area contributed by atoms with Gasteiger partial charge in [0.2, 0.25) is 0 Å². The molecule has 30 heavy (non-hydrogen) atoms. The summed E-state index contributed by atoms with van der Waals surface area (Å²) in [4.78, 5) is 27.0. The van der Waals surface area contributed by atoms with Gasteiger partial charge in [0, 0.05) is 25.2 Å². The second kappa shape index (κ2) is 9.07. The second-order valence-corrected chi connectivity index (χ2v) is 7.69. The van der Waals surface area contributed by atoms with E-state index in [4.69, 9.17) is 9.47 Å². The normalized spacial score (nSPS) is 18.1. The van der Waals surface area contributed by atoms with E-state index in [2.05, 4.69) is 0 Å². The maximum atomic E-state index is 12.6. The zero-order chi connectivity index (χ0) is 20.9. The lowest BCUT2D eigenvalue weighted by Gasteiger charge is -2.29. The fraction of sp³-hybridized carbons (Fsp3) is 0.391. The Morgan fingerprint density at radius 1 is 1.07 bits per heavy atom. The summed E-state index contributed by atoms with van der Waals surface area (Å²) in [5.74, 6) is 0.780. The fourth-order valence-electron chi connectivity index (χ4n) is 4.11. The Morgan fingerprint density at radius 2 is 1.90 bits per heavy atom. The van der Waals surface area contributed by atoms with Gasteiger partial charge in [-0.3, -0.25) is 0 Å². The summed E-state index contributed by atoms with van der Waals surface area (Å²) < 4.78 is 11.6. The van der Waals surface area contributed by atoms with Gasteiger partial charge in [0.25, 0.3) is 0 Å². The summed E-state index contributed by atoms with van der Waals surface area (Å²) in [6.07, 6.45) is 1.22. The Bertz CT molecular complexity index is 902. The quantitative estimate of drug-likeness (QED) is 0.809. The van der Waals surface area contributed by atoms with Crippen LogP contribution in [0.5, 0.6) is 5.75 Å². The van der Waals surface area contributed by atoms with Gasteiger partial charge in [-0.1, -0.05) is 42.5 Å². The maximum Gasteiger partial charge on any atom is 0.410 e. The second-order valence-electron chi connectivity index (χ2n) is 7.69. The number of carboxylic acid groups (broad SMARTS) is 1. The first-order chi connectivity index (χ1) is 14.6. The molecule has 1 N–H and O–H groups in total. The predicted molar refractivity (Wildman–Crippen MR) is 110 cm³/mol. The predicted octanol–water partition coefficient (Wildman–Crippen LogP) is 3.90. The van der Waals surface area contributed by atoms with E-state index in [1.165, 1.54) is 4.90 Å². The number of ether oxygens (including phenoxy) is 2. The SMILES string of the molecule is O=C(O)N1CCc2c(cccc2OC[C@H]2CCCN2C(=O)OCc2ccccc2)C1. The highest BCUT2D eigenvalue weighted by molar-refractivity contribution is 5.68. The molecule has 0 radical (unpaired) electrons. The molecule has 0 spiro atoms. The molecule has 0 aromatic heterocycles. The summed E-state index contributed by atoms with van der Waals surface area (Å²) in [7, 11) is 0. The molecule has 7 nitrogen and oxygen atoms in total. The molecule has 1 saturated heterocycles. The Labute approximate surface area is 175 Å². The van der Waals surface area contributed by atoms with Gasteiger partial charge < -0.3 is 24.4 Å². The zero-order valence-corrected chi connectivity index (χ0v) is 16.8. The molecule has 2 aromatic carbocycles. The van der Waals surface area contributed by atoms with Crippen molar-refractivity contribution in [2.24, 2.45) is 0 Å². The molecule has 2 aliphatic heterocycles. The maximum absolute atomic E-state index is 12.6. The smallest absolute Gasteiger partial charge is 0.410 e. The molecule has 0 bridgehead atoms. The Morgan fingerprint density at radius 3 is 2.70 bits per heavy atom. The average molecular weight is 410 g/mol. The highest BCUT2D eigenvalue weighted by Gasteiger charge is 2.31. The van der Waals surface area contributed by atoms with Crippen molar-refractivity contribution in [2.45, 2.75) is 38.5 Å². The number of benzene rings is 2. The van der Waals surface area contributed by atoms with Crippen molar-refractivity contribution in [2.75, 3.05) is 19.7 Å². The van der Waals surface area contributed by atoms with Gasteiger partial charge in [-0.05, 0) is 36.5 Å². The molecule has 1 atom stereocenters. The lowest BCUT2D eigenvalue weighted by molar-refractivity contribution is 0.0822. The van der Waals surface area contributed by atoms with Crippen LogP contribution in [-0.4, -0.2) is 52.8 Å². The van der Waals surface area contributed by atoms with E-state index in [-0.39, 0.29) is 18.7 Å². The first-order valence-corrected chi connectivity index (χ1v) is 10.3. The van der Waals surface area contributed by atoms with Crippen molar-refractivity contribution in [3.8, 4) is 5.75 Å². The molecular formula is C23H26N2O5. The molecule has 2 heterocycles. The van der Waals surface area contributed by atoms with E-state index < -0.39 is 6.09 Å². The summed E-state index contributed by atoms with van der Waals surface area (Å²) in [5.41, 5.74) is 3.00. The molecule has 0 unspecified atom stereocenters. The molecule has 4 rings (SSSR count). The number of rotatable bonds is 5. The van der Waals surface area contributed by atoms with E-state index in [1.807, 2.05) is 48.5 Å². The van der Waals surface area contributed by atoms with Gasteiger partial charge in [0.15, 0.2) is 0 Å². The van der Waals surface area contributed by atoms with Crippen LogP contribution in [0.4, 0.5) is 9.59 Å². The van der Waals surface area contributed by atoms with E-state index in [0.29, 0.717) is 32.7 Å². The highest BCUT2D eigenvalue weighted by Crippen LogP contribution is 2.29. The minimum absolute atomic E-state index is 0.0248. The Kier molecular flexibility index (Phi) is 6.07. The minimum Gasteiger partial charge on any atom is -0.491 e. The van der Waals surface area contributed by atoms with E-state index in [0.717, 1.165) is 35.3 Å². The monoisotopic (exact) mass is 410 g/mol. The first-order valence-electron chi connectivity index (χ1n) is 10.3. The number of fused-ring (bicyclic) bond motifs is 1. The summed E-state index contributed by atoms with van der Waals surface area (Å²) in [5, 5.41) is 9.22. The van der Waals surface area contributed by atoms with Crippen molar-refractivity contribution in [3.63, 3.8) is 0 Å². The molecule has 2 aliphatic rings. The van der Waals surface area contributed by atoms with Crippen molar-refractivity contribution >= 4 is 12.2 Å². The molecule has 158 valence electrons. The molecule has 0 saturated carbocycles. The van der Waals surface area contributed by atoms with Crippen LogP contribution in [0, 0.1) is 0 Å². The summed E-state index contributed by atoms with van der Waals surface area (Å²) in [6.45, 7) is 2.17. The van der Waals surface area contributed by atoms with Crippen molar-refractivity contribution in [1.82, 2.24) is 9.80 Å². The van der Waals surface area contributed by atoms with Crippen LogP contribution in [0.25, 0.3) is 0 Å². The third-order valence-electron chi connectivity index (χ3n) is 5.74. The van der Waals surface area contributed by atoms with Crippen molar-refractivity contribution < 1.29 is 24.2 Å². The van der Waals surface area contributed by atoms with E-state index >= 15 is 0 Å². The summed E-state index contributed by atoms with van der Waals surface area (Å²) >= 11 is 0. The number of likely N-dealkylation sites (tertiary alicyclic amines) is 1. The highest BCUT2D eigenvalue weighted by atomic mass is 16.6. The fourth-order valence-corrected chi connectivity index (χ4v) is 4.11. The Balaban J connectivity index is 1.35. The minimum atomic E-state index is -0.900. The first kappa shape index (κ1) is 20.1. The van der Waals surface area contributed by atoms with Gasteiger partial charge in [0.05, 0.1) is 6.04 Å². The van der Waals surface area contributed by atoms with Crippen molar-refractivity contribution in [1.29, 1.82) is 0 Å². The zero-order valence-electron chi connectivity index (χ0n) is 16.8. The topological polar surface area (TPSA) is 79.3 Å². The molecular weight excluding hydrogens is 384 g/mol. The van der Waals surface area contributed by atoms with Crippen LogP contribution >= 0.6 is 0 Å². The van der Waals surface area contributed by atoms with Gasteiger partial charge in [-0.2, -0.15) is 0 Å². The summed E-state index contributed by atoms with van der Waals surface area (Å²) in [6, 6.07) is 15.4. The third kappa shape index (κ3) is 4.50. The number of carbonyl (C=O) groups excluding carboxylic acids is 1. The molecule has 7 heteroatoms. The molecule has 0 aliphatic carbocycles. The van der Waals surface area contributed by atoms with E-state index in [1.54, 1.807) is 4.90 Å². The van der Waals surface area contributed by atoms with Crippen LogP contribution in [0.2, 0.25) is 0 Å².